The number of benzene rings is 2. The van der Waals surface area contributed by atoms with Crippen molar-refractivity contribution in [1.29, 1.82) is 0 Å². The maximum Gasteiger partial charge on any atom is 0.147 e. The number of Topliss-reactive ketones (excluding diaryl/α,β-unsaturated/α-hetero) is 2. The monoisotopic (exact) mass is 360 g/mol. The van der Waals surface area contributed by atoms with E-state index in [0.29, 0.717) is 42.7 Å². The summed E-state index contributed by atoms with van der Waals surface area (Å²) in [6.45, 7) is 1.98. The third kappa shape index (κ3) is 3.74. The normalized spacial score (nSPS) is 15.5. The zero-order valence-electron chi connectivity index (χ0n) is 13.9. The van der Waals surface area contributed by atoms with Crippen LogP contribution in [0.3, 0.4) is 0 Å². The summed E-state index contributed by atoms with van der Waals surface area (Å²) in [5.41, 5.74) is 1.65. The van der Waals surface area contributed by atoms with Gasteiger partial charge in [-0.25, -0.2) is 4.39 Å². The van der Waals surface area contributed by atoms with E-state index >= 15 is 0 Å². The molecule has 0 amide bonds. The molecule has 1 aliphatic rings. The molecule has 130 valence electrons. The molecule has 0 radical (unpaired) electrons. The summed E-state index contributed by atoms with van der Waals surface area (Å²) >= 11 is 6.00. The lowest BCUT2D eigenvalue weighted by molar-refractivity contribution is -0.131. The van der Waals surface area contributed by atoms with Gasteiger partial charge in [-0.3, -0.25) is 9.59 Å². The largest absolute Gasteiger partial charge is 0.456 e. The second-order valence-electron chi connectivity index (χ2n) is 6.11. The van der Waals surface area contributed by atoms with Gasteiger partial charge in [0.15, 0.2) is 0 Å². The molecule has 25 heavy (non-hydrogen) atoms. The van der Waals surface area contributed by atoms with Crippen molar-refractivity contribution in [1.82, 2.24) is 0 Å². The summed E-state index contributed by atoms with van der Waals surface area (Å²) < 4.78 is 18.9. The average molecular weight is 361 g/mol. The Labute approximate surface area is 150 Å². The molecule has 3 nitrogen and oxygen atoms in total. The number of aryl methyl sites for hydroxylation is 1. The van der Waals surface area contributed by atoms with Gasteiger partial charge in [-0.05, 0) is 54.3 Å². The quantitative estimate of drug-likeness (QED) is 0.700. The fraction of sp³-hybridized carbons (Fsp3) is 0.300. The number of carbonyl (C=O) groups is 2. The maximum atomic E-state index is 13.2. The number of rotatable bonds is 4. The van der Waals surface area contributed by atoms with Crippen molar-refractivity contribution in [3.63, 3.8) is 0 Å². The minimum absolute atomic E-state index is 0.0390. The van der Waals surface area contributed by atoms with Gasteiger partial charge in [-0.1, -0.05) is 24.6 Å². The second-order valence-corrected chi connectivity index (χ2v) is 6.52. The Bertz CT molecular complexity index is 816. The summed E-state index contributed by atoms with van der Waals surface area (Å²) in [5, 5.41) is 0.158. The lowest BCUT2D eigenvalue weighted by Gasteiger charge is -2.22. The lowest BCUT2D eigenvalue weighted by atomic mass is 9.79. The molecule has 0 atom stereocenters. The van der Waals surface area contributed by atoms with E-state index in [9.17, 15) is 14.0 Å². The maximum absolute atomic E-state index is 13.2. The molecule has 0 N–H and O–H groups in total. The van der Waals surface area contributed by atoms with Crippen molar-refractivity contribution in [3.05, 3.63) is 58.4 Å². The highest BCUT2D eigenvalue weighted by Crippen LogP contribution is 2.35. The Hall–Kier alpha value is -2.20. The van der Waals surface area contributed by atoms with Crippen molar-refractivity contribution in [2.75, 3.05) is 0 Å². The average Bonchev–Trinajstić information content (AvgIpc) is 2.57. The standard InChI is InChI=1S/C20H18ClFO3/c1-2-12-6-8-14(25-19-9-7-13(22)10-16(19)21)11-15(12)20-17(23)4-3-5-18(20)24/h6-11,20H,2-5H2,1H3. The molecule has 2 aromatic rings. The van der Waals surface area contributed by atoms with E-state index in [2.05, 4.69) is 0 Å². The predicted octanol–water partition coefficient (Wildman–Crippen LogP) is 5.24. The van der Waals surface area contributed by atoms with E-state index in [1.165, 1.54) is 18.2 Å². The Morgan fingerprint density at radius 3 is 2.48 bits per heavy atom. The van der Waals surface area contributed by atoms with E-state index < -0.39 is 11.7 Å². The van der Waals surface area contributed by atoms with Gasteiger partial charge in [0.25, 0.3) is 0 Å². The number of ether oxygens (including phenoxy) is 1. The van der Waals surface area contributed by atoms with Crippen LogP contribution < -0.4 is 4.74 Å². The zero-order valence-corrected chi connectivity index (χ0v) is 14.6. The highest BCUT2D eigenvalue weighted by Gasteiger charge is 2.33. The van der Waals surface area contributed by atoms with Crippen LogP contribution in [0.25, 0.3) is 0 Å². The van der Waals surface area contributed by atoms with Crippen LogP contribution in [-0.4, -0.2) is 11.6 Å². The van der Waals surface area contributed by atoms with E-state index in [4.69, 9.17) is 16.3 Å². The van der Waals surface area contributed by atoms with Crippen molar-refractivity contribution in [3.8, 4) is 11.5 Å². The number of carbonyl (C=O) groups excluding carboxylic acids is 2. The highest BCUT2D eigenvalue weighted by molar-refractivity contribution is 6.32. The van der Waals surface area contributed by atoms with Gasteiger partial charge in [-0.15, -0.1) is 0 Å². The summed E-state index contributed by atoms with van der Waals surface area (Å²) in [4.78, 5) is 24.6. The molecule has 0 aliphatic heterocycles. The first-order chi connectivity index (χ1) is 12.0. The SMILES string of the molecule is CCc1ccc(Oc2ccc(F)cc2Cl)cc1C1C(=O)CCCC1=O. The van der Waals surface area contributed by atoms with Crippen LogP contribution in [0.1, 0.15) is 43.2 Å². The van der Waals surface area contributed by atoms with Crippen LogP contribution >= 0.6 is 11.6 Å². The molecule has 2 aromatic carbocycles. The molecule has 1 aliphatic carbocycles. The molecule has 1 fully saturated rings. The third-order valence-corrected chi connectivity index (χ3v) is 4.72. The number of hydrogen-bond acceptors (Lipinski definition) is 3. The predicted molar refractivity (Wildman–Crippen MR) is 93.9 cm³/mol. The van der Waals surface area contributed by atoms with Gasteiger partial charge in [-0.2, -0.15) is 0 Å². The first-order valence-corrected chi connectivity index (χ1v) is 8.68. The molecular weight excluding hydrogens is 343 g/mol. The van der Waals surface area contributed by atoms with E-state index in [1.54, 1.807) is 12.1 Å². The van der Waals surface area contributed by atoms with Gasteiger partial charge in [0.05, 0.1) is 5.02 Å². The first-order valence-electron chi connectivity index (χ1n) is 8.30. The first kappa shape index (κ1) is 17.6. The fourth-order valence-corrected chi connectivity index (χ4v) is 3.37. The van der Waals surface area contributed by atoms with Crippen molar-refractivity contribution in [2.24, 2.45) is 0 Å². The molecule has 5 heteroatoms. The fourth-order valence-electron chi connectivity index (χ4n) is 3.16. The van der Waals surface area contributed by atoms with Crippen LogP contribution in [0.2, 0.25) is 5.02 Å². The van der Waals surface area contributed by atoms with Crippen molar-refractivity contribution in [2.45, 2.75) is 38.5 Å². The number of ketones is 2. The highest BCUT2D eigenvalue weighted by atomic mass is 35.5. The molecule has 0 spiro atoms. The number of halogens is 2. The number of hydrogen-bond donors (Lipinski definition) is 0. The van der Waals surface area contributed by atoms with Crippen molar-refractivity contribution >= 4 is 23.2 Å². The lowest BCUT2D eigenvalue weighted by Crippen LogP contribution is -2.27. The van der Waals surface area contributed by atoms with Crippen LogP contribution in [0, 0.1) is 5.82 Å². The zero-order chi connectivity index (χ0) is 18.0. The summed E-state index contributed by atoms with van der Waals surface area (Å²) in [6, 6.07) is 9.23. The summed E-state index contributed by atoms with van der Waals surface area (Å²) in [7, 11) is 0. The minimum Gasteiger partial charge on any atom is -0.456 e. The molecule has 3 rings (SSSR count). The Morgan fingerprint density at radius 1 is 1.12 bits per heavy atom. The summed E-state index contributed by atoms with van der Waals surface area (Å²) in [6.07, 6.45) is 2.18. The van der Waals surface area contributed by atoms with E-state index in [-0.39, 0.29) is 16.6 Å². The van der Waals surface area contributed by atoms with Crippen LogP contribution in [-0.2, 0) is 16.0 Å². The van der Waals surface area contributed by atoms with Crippen molar-refractivity contribution < 1.29 is 18.7 Å². The molecule has 0 saturated heterocycles. The molecule has 0 bridgehead atoms. The molecule has 0 aromatic heterocycles. The van der Waals surface area contributed by atoms with Crippen LogP contribution in [0.4, 0.5) is 4.39 Å². The van der Waals surface area contributed by atoms with Gasteiger partial charge < -0.3 is 4.74 Å². The Morgan fingerprint density at radius 2 is 1.84 bits per heavy atom. The topological polar surface area (TPSA) is 43.4 Å². The minimum atomic E-state index is -0.712. The third-order valence-electron chi connectivity index (χ3n) is 4.42. The van der Waals surface area contributed by atoms with Crippen LogP contribution in [0.15, 0.2) is 36.4 Å². The van der Waals surface area contributed by atoms with Gasteiger partial charge in [0.2, 0.25) is 0 Å². The Balaban J connectivity index is 1.97. The van der Waals surface area contributed by atoms with E-state index in [1.807, 2.05) is 13.0 Å². The smallest absolute Gasteiger partial charge is 0.147 e. The Kier molecular flexibility index (Phi) is 5.19. The molecule has 0 heterocycles. The van der Waals surface area contributed by atoms with Gasteiger partial charge in [0.1, 0.15) is 34.8 Å². The van der Waals surface area contributed by atoms with E-state index in [0.717, 1.165) is 5.56 Å². The van der Waals surface area contributed by atoms with Crippen LogP contribution in [0.5, 0.6) is 11.5 Å². The molecule has 1 saturated carbocycles. The van der Waals surface area contributed by atoms with Gasteiger partial charge in [0, 0.05) is 12.8 Å². The second kappa shape index (κ2) is 7.36. The molecular formula is C20H18ClFO3. The molecule has 0 unspecified atom stereocenters. The summed E-state index contributed by atoms with van der Waals surface area (Å²) in [5.74, 6) is -0.453. The van der Waals surface area contributed by atoms with Gasteiger partial charge >= 0.3 is 0 Å².